The van der Waals surface area contributed by atoms with Crippen molar-refractivity contribution in [2.24, 2.45) is 0 Å². The number of hydrogen-bond acceptors (Lipinski definition) is 4. The highest BCUT2D eigenvalue weighted by Crippen LogP contribution is 2.23. The van der Waals surface area contributed by atoms with Gasteiger partial charge in [-0.05, 0) is 53.8 Å². The second kappa shape index (κ2) is 8.00. The molecule has 0 fully saturated rings. The summed E-state index contributed by atoms with van der Waals surface area (Å²) in [5.74, 6) is 0.773. The number of benzene rings is 2. The molecule has 0 spiro atoms. The summed E-state index contributed by atoms with van der Waals surface area (Å²) in [4.78, 5) is 13.4. The van der Waals surface area contributed by atoms with Gasteiger partial charge in [0.1, 0.15) is 5.75 Å². The van der Waals surface area contributed by atoms with Crippen LogP contribution in [0.15, 0.2) is 42.5 Å². The Morgan fingerprint density at radius 2 is 1.89 bits per heavy atom. The minimum absolute atomic E-state index is 0.00398. The molecule has 0 unspecified atom stereocenters. The van der Waals surface area contributed by atoms with Crippen LogP contribution in [0.4, 0.5) is 5.69 Å². The minimum Gasteiger partial charge on any atom is -0.497 e. The maximum atomic E-state index is 12.4. The van der Waals surface area contributed by atoms with Gasteiger partial charge in [-0.15, -0.1) is 0 Å². The zero-order valence-corrected chi connectivity index (χ0v) is 16.4. The molecule has 2 aromatic rings. The number of aryl methyl sites for hydroxylation is 1. The van der Waals surface area contributed by atoms with Crippen LogP contribution in [0.1, 0.15) is 23.6 Å². The van der Waals surface area contributed by atoms with E-state index >= 15 is 0 Å². The number of nitrogens with one attached hydrogen (secondary N) is 1. The van der Waals surface area contributed by atoms with E-state index in [-0.39, 0.29) is 11.7 Å². The van der Waals surface area contributed by atoms with Crippen molar-refractivity contribution in [2.45, 2.75) is 26.3 Å². The lowest BCUT2D eigenvalue weighted by Crippen LogP contribution is -2.34. The Hall–Kier alpha value is -2.54. The van der Waals surface area contributed by atoms with Crippen molar-refractivity contribution in [3.05, 3.63) is 59.2 Å². The van der Waals surface area contributed by atoms with E-state index in [1.807, 2.05) is 36.4 Å². The smallest absolute Gasteiger partial charge is 0.233 e. The summed E-state index contributed by atoms with van der Waals surface area (Å²) >= 11 is 0. The van der Waals surface area contributed by atoms with Gasteiger partial charge in [0.15, 0.2) is 0 Å². The van der Waals surface area contributed by atoms with Crippen LogP contribution in [0, 0.1) is 0 Å². The summed E-state index contributed by atoms with van der Waals surface area (Å²) in [6.45, 7) is 2.78. The fraction of sp³-hybridized carbons (Fsp3) is 0.350. The molecule has 0 atom stereocenters. The third kappa shape index (κ3) is 5.01. The Balaban J connectivity index is 1.65. The van der Waals surface area contributed by atoms with Gasteiger partial charge in [-0.3, -0.25) is 9.52 Å². The number of carbonyl (C=O) groups excluding carboxylic acids is 1. The highest BCUT2D eigenvalue weighted by Gasteiger charge is 2.19. The monoisotopic (exact) mass is 388 g/mol. The van der Waals surface area contributed by atoms with E-state index in [0.29, 0.717) is 25.2 Å². The molecule has 1 N–H and O–H groups in total. The Morgan fingerprint density at radius 1 is 1.15 bits per heavy atom. The van der Waals surface area contributed by atoms with Gasteiger partial charge in [0.05, 0.1) is 12.9 Å². The number of ether oxygens (including phenoxy) is 1. The first-order chi connectivity index (χ1) is 12.9. The van der Waals surface area contributed by atoms with Crippen LogP contribution in [0.2, 0.25) is 0 Å². The molecule has 0 saturated heterocycles. The fourth-order valence-corrected chi connectivity index (χ4v) is 4.26. The number of amides is 1. The minimum atomic E-state index is -3.47. The van der Waals surface area contributed by atoms with Crippen LogP contribution >= 0.6 is 0 Å². The molecule has 144 valence electrons. The summed E-state index contributed by atoms with van der Waals surface area (Å²) in [5, 5.41) is 0. The number of rotatable bonds is 6. The van der Waals surface area contributed by atoms with Crippen molar-refractivity contribution in [1.29, 1.82) is 0 Å². The van der Waals surface area contributed by atoms with Crippen molar-refractivity contribution >= 4 is 21.6 Å². The maximum Gasteiger partial charge on any atom is 0.233 e. The first-order valence-electron chi connectivity index (χ1n) is 8.87. The average Bonchev–Trinajstić information content (AvgIpc) is 2.66. The Morgan fingerprint density at radius 3 is 2.56 bits per heavy atom. The second-order valence-electron chi connectivity index (χ2n) is 6.69. The summed E-state index contributed by atoms with van der Waals surface area (Å²) in [6.07, 6.45) is 1.21. The predicted octanol–water partition coefficient (Wildman–Crippen LogP) is 2.58. The molecule has 0 radical (unpaired) electrons. The summed E-state index contributed by atoms with van der Waals surface area (Å²) < 4.78 is 32.6. The lowest BCUT2D eigenvalue weighted by Gasteiger charge is -2.28. The van der Waals surface area contributed by atoms with Crippen LogP contribution in [-0.2, 0) is 34.2 Å². The summed E-state index contributed by atoms with van der Waals surface area (Å²) in [5.41, 5.74) is 3.62. The Kier molecular flexibility index (Phi) is 5.70. The molecule has 3 rings (SSSR count). The fourth-order valence-electron chi connectivity index (χ4n) is 3.16. The number of nitrogens with zero attached hydrogens (tertiary/aromatic N) is 1. The SMILES string of the molecule is COc1ccc(CCS(=O)(=O)Nc2ccc3c(c2)CN(C(C)=O)CC3)cc1. The standard InChI is InChI=1S/C20H24N2O4S/c1-15(23)22-11-9-17-5-6-19(13-18(17)14-22)21-27(24,25)12-10-16-3-7-20(26-2)8-4-16/h3-8,13,21H,9-12,14H2,1-2H3. The van der Waals surface area contributed by atoms with E-state index in [2.05, 4.69) is 4.72 Å². The molecule has 0 saturated carbocycles. The molecular weight excluding hydrogens is 364 g/mol. The number of sulfonamides is 1. The van der Waals surface area contributed by atoms with E-state index in [1.54, 1.807) is 25.0 Å². The van der Waals surface area contributed by atoms with Crippen LogP contribution in [-0.4, -0.2) is 38.6 Å². The Labute approximate surface area is 160 Å². The van der Waals surface area contributed by atoms with Gasteiger partial charge in [-0.1, -0.05) is 18.2 Å². The van der Waals surface area contributed by atoms with Gasteiger partial charge < -0.3 is 9.64 Å². The number of hydrogen-bond donors (Lipinski definition) is 1. The van der Waals surface area contributed by atoms with Gasteiger partial charge in [-0.25, -0.2) is 8.42 Å². The molecule has 6 nitrogen and oxygen atoms in total. The van der Waals surface area contributed by atoms with Crippen LogP contribution in [0.25, 0.3) is 0 Å². The summed E-state index contributed by atoms with van der Waals surface area (Å²) in [6, 6.07) is 12.9. The topological polar surface area (TPSA) is 75.7 Å². The van der Waals surface area contributed by atoms with Gasteiger partial charge in [0.2, 0.25) is 15.9 Å². The van der Waals surface area contributed by atoms with E-state index in [9.17, 15) is 13.2 Å². The lowest BCUT2D eigenvalue weighted by molar-refractivity contribution is -0.129. The molecule has 1 aliphatic heterocycles. The molecule has 1 amide bonds. The number of fused-ring (bicyclic) bond motifs is 1. The number of anilines is 1. The van der Waals surface area contributed by atoms with Crippen molar-refractivity contribution in [2.75, 3.05) is 24.1 Å². The first kappa shape index (κ1) is 19.2. The van der Waals surface area contributed by atoms with Crippen LogP contribution in [0.5, 0.6) is 5.75 Å². The molecule has 0 aromatic heterocycles. The Bertz CT molecular complexity index is 923. The third-order valence-corrected chi connectivity index (χ3v) is 6.04. The third-order valence-electron chi connectivity index (χ3n) is 4.76. The van der Waals surface area contributed by atoms with Crippen LogP contribution < -0.4 is 9.46 Å². The van der Waals surface area contributed by atoms with Crippen LogP contribution in [0.3, 0.4) is 0 Å². The second-order valence-corrected chi connectivity index (χ2v) is 8.53. The molecule has 0 bridgehead atoms. The van der Waals surface area contributed by atoms with Crippen molar-refractivity contribution in [3.63, 3.8) is 0 Å². The van der Waals surface area contributed by atoms with E-state index < -0.39 is 10.0 Å². The number of methoxy groups -OCH3 is 1. The highest BCUT2D eigenvalue weighted by atomic mass is 32.2. The van der Waals surface area contributed by atoms with Gasteiger partial charge in [0.25, 0.3) is 0 Å². The zero-order valence-electron chi connectivity index (χ0n) is 15.6. The molecular formula is C20H24N2O4S. The van der Waals surface area contributed by atoms with Gasteiger partial charge in [0, 0.05) is 25.7 Å². The normalized spacial score (nSPS) is 13.8. The average molecular weight is 388 g/mol. The largest absolute Gasteiger partial charge is 0.497 e. The van der Waals surface area contributed by atoms with Gasteiger partial charge in [-0.2, -0.15) is 0 Å². The number of carbonyl (C=O) groups is 1. The lowest BCUT2D eigenvalue weighted by atomic mass is 9.99. The molecule has 1 heterocycles. The molecule has 1 aliphatic rings. The van der Waals surface area contributed by atoms with E-state index in [0.717, 1.165) is 28.9 Å². The van der Waals surface area contributed by atoms with Crippen molar-refractivity contribution < 1.29 is 17.9 Å². The predicted molar refractivity (Wildman–Crippen MR) is 105 cm³/mol. The maximum absolute atomic E-state index is 12.4. The summed E-state index contributed by atoms with van der Waals surface area (Å²) in [7, 11) is -1.87. The van der Waals surface area contributed by atoms with E-state index in [1.165, 1.54) is 0 Å². The zero-order chi connectivity index (χ0) is 19.4. The molecule has 0 aliphatic carbocycles. The van der Waals surface area contributed by atoms with Gasteiger partial charge >= 0.3 is 0 Å². The molecule has 7 heteroatoms. The first-order valence-corrected chi connectivity index (χ1v) is 10.5. The highest BCUT2D eigenvalue weighted by molar-refractivity contribution is 7.92. The molecule has 27 heavy (non-hydrogen) atoms. The van der Waals surface area contributed by atoms with E-state index in [4.69, 9.17) is 4.74 Å². The van der Waals surface area contributed by atoms with Crippen molar-refractivity contribution in [1.82, 2.24) is 4.90 Å². The molecule has 2 aromatic carbocycles. The quantitative estimate of drug-likeness (QED) is 0.825. The van der Waals surface area contributed by atoms with Crippen molar-refractivity contribution in [3.8, 4) is 5.75 Å².